The van der Waals surface area contributed by atoms with Gasteiger partial charge in [0.1, 0.15) is 0 Å². The molecule has 2 heterocycles. The van der Waals surface area contributed by atoms with Crippen LogP contribution < -0.4 is 10.6 Å². The van der Waals surface area contributed by atoms with Gasteiger partial charge in [-0.25, -0.2) is 0 Å². The molecule has 0 saturated heterocycles. The van der Waals surface area contributed by atoms with Gasteiger partial charge in [-0.2, -0.15) is 11.3 Å². The first-order chi connectivity index (χ1) is 15.6. The zero-order chi connectivity index (χ0) is 22.1. The summed E-state index contributed by atoms with van der Waals surface area (Å²) in [5.74, 6) is -0.203. The maximum Gasteiger partial charge on any atom is 0.290 e. The van der Waals surface area contributed by atoms with Crippen molar-refractivity contribution in [2.24, 2.45) is 0 Å². The summed E-state index contributed by atoms with van der Waals surface area (Å²) in [5.41, 5.74) is 6.76. The fourth-order valence-electron chi connectivity index (χ4n) is 4.23. The number of carbonyl (C=O) groups is 2. The first-order valence-electron chi connectivity index (χ1n) is 10.4. The first kappa shape index (κ1) is 20.2. The molecule has 1 aliphatic carbocycles. The summed E-state index contributed by atoms with van der Waals surface area (Å²) in [7, 11) is 0. The highest BCUT2D eigenvalue weighted by atomic mass is 32.1. The number of rotatable bonds is 5. The minimum Gasteiger partial charge on any atom is -0.351 e. The van der Waals surface area contributed by atoms with Gasteiger partial charge in [-0.05, 0) is 82.6 Å². The molecule has 7 heteroatoms. The Morgan fingerprint density at radius 2 is 1.94 bits per heavy atom. The lowest BCUT2D eigenvalue weighted by Gasteiger charge is -2.13. The number of hydrogen-bond acceptors (Lipinski definition) is 5. The van der Waals surface area contributed by atoms with Gasteiger partial charge in [0, 0.05) is 23.4 Å². The second-order valence-electron chi connectivity index (χ2n) is 7.90. The molecule has 2 N–H and O–H groups in total. The lowest BCUT2D eigenvalue weighted by Crippen LogP contribution is -2.35. The molecular formula is C25H21N3O3S. The number of carbonyl (C=O) groups excluding carboxylic acids is 2. The van der Waals surface area contributed by atoms with Crippen LogP contribution in [0.1, 0.15) is 37.6 Å². The van der Waals surface area contributed by atoms with Crippen LogP contribution in [0.3, 0.4) is 0 Å². The zero-order valence-electron chi connectivity index (χ0n) is 17.4. The molecule has 0 radical (unpaired) electrons. The van der Waals surface area contributed by atoms with Crippen LogP contribution in [0, 0.1) is 6.92 Å². The summed E-state index contributed by atoms with van der Waals surface area (Å²) in [6.45, 7) is 2.02. The number of benzene rings is 2. The van der Waals surface area contributed by atoms with Gasteiger partial charge in [0.05, 0.1) is 6.20 Å². The van der Waals surface area contributed by atoms with Crippen molar-refractivity contribution in [3.63, 3.8) is 0 Å². The lowest BCUT2D eigenvalue weighted by molar-refractivity contribution is 0.0901. The molecule has 2 aromatic carbocycles. The van der Waals surface area contributed by atoms with Gasteiger partial charge in [0.15, 0.2) is 0 Å². The number of anilines is 1. The van der Waals surface area contributed by atoms with Crippen molar-refractivity contribution in [3.05, 3.63) is 93.5 Å². The Labute approximate surface area is 189 Å². The number of aromatic nitrogens is 1. The average molecular weight is 444 g/mol. The molecule has 0 saturated carbocycles. The van der Waals surface area contributed by atoms with Crippen LogP contribution in [0.2, 0.25) is 0 Å². The molecule has 6 nitrogen and oxygen atoms in total. The zero-order valence-corrected chi connectivity index (χ0v) is 18.2. The summed E-state index contributed by atoms with van der Waals surface area (Å²) < 4.78 is 4.92. The molecule has 1 atom stereocenters. The van der Waals surface area contributed by atoms with E-state index in [-0.39, 0.29) is 23.6 Å². The van der Waals surface area contributed by atoms with Crippen LogP contribution in [0.15, 0.2) is 70.0 Å². The van der Waals surface area contributed by atoms with Gasteiger partial charge < -0.3 is 15.2 Å². The van der Waals surface area contributed by atoms with E-state index in [1.165, 1.54) is 11.8 Å². The van der Waals surface area contributed by atoms with E-state index >= 15 is 0 Å². The van der Waals surface area contributed by atoms with Gasteiger partial charge >= 0.3 is 0 Å². The third kappa shape index (κ3) is 3.94. The van der Waals surface area contributed by atoms with Gasteiger partial charge in [-0.15, -0.1) is 0 Å². The smallest absolute Gasteiger partial charge is 0.290 e. The molecule has 0 spiro atoms. The number of hydrogen-bond donors (Lipinski definition) is 2. The summed E-state index contributed by atoms with van der Waals surface area (Å²) in [5, 5.41) is 13.7. The molecule has 4 aromatic rings. The first-order valence-corrected chi connectivity index (χ1v) is 11.3. The number of fused-ring (bicyclic) bond motifs is 1. The van der Waals surface area contributed by atoms with Crippen molar-refractivity contribution in [3.8, 4) is 11.1 Å². The van der Waals surface area contributed by atoms with Crippen molar-refractivity contribution in [2.45, 2.75) is 25.8 Å². The van der Waals surface area contributed by atoms with E-state index in [2.05, 4.69) is 21.2 Å². The Kier molecular flexibility index (Phi) is 5.33. The van der Waals surface area contributed by atoms with E-state index in [4.69, 9.17) is 4.52 Å². The Bertz CT molecular complexity index is 1280. The normalized spacial score (nSPS) is 14.7. The van der Waals surface area contributed by atoms with Gasteiger partial charge in [0.25, 0.3) is 11.8 Å². The van der Waals surface area contributed by atoms with Crippen LogP contribution in [0.25, 0.3) is 11.1 Å². The minimum atomic E-state index is -0.269. The highest BCUT2D eigenvalue weighted by molar-refractivity contribution is 7.08. The van der Waals surface area contributed by atoms with Crippen molar-refractivity contribution >= 4 is 28.8 Å². The predicted molar refractivity (Wildman–Crippen MR) is 124 cm³/mol. The van der Waals surface area contributed by atoms with Crippen molar-refractivity contribution in [1.82, 2.24) is 10.5 Å². The Hall–Kier alpha value is -3.71. The van der Waals surface area contributed by atoms with E-state index in [9.17, 15) is 9.59 Å². The van der Waals surface area contributed by atoms with E-state index in [0.29, 0.717) is 12.0 Å². The number of aryl methyl sites for hydroxylation is 1. The summed E-state index contributed by atoms with van der Waals surface area (Å²) in [6, 6.07) is 15.3. The summed E-state index contributed by atoms with van der Waals surface area (Å²) in [6.07, 6.45) is 2.89. The third-order valence-corrected chi connectivity index (χ3v) is 6.40. The monoisotopic (exact) mass is 443 g/mol. The van der Waals surface area contributed by atoms with E-state index < -0.39 is 0 Å². The van der Waals surface area contributed by atoms with Crippen LogP contribution in [0.4, 0.5) is 5.69 Å². The molecule has 5 rings (SSSR count). The molecule has 0 bridgehead atoms. The SMILES string of the molecule is Cc1cccc(C(=O)Nc2ccc3c(c2)CC(NC(=O)c2ccno2)C3)c1-c1ccsc1. The van der Waals surface area contributed by atoms with Gasteiger partial charge in [-0.1, -0.05) is 23.4 Å². The van der Waals surface area contributed by atoms with Crippen LogP contribution in [0.5, 0.6) is 0 Å². The number of amides is 2. The van der Waals surface area contributed by atoms with Gasteiger partial charge in [-0.3, -0.25) is 9.59 Å². The van der Waals surface area contributed by atoms with Gasteiger partial charge in [0.2, 0.25) is 5.76 Å². The topological polar surface area (TPSA) is 84.2 Å². The standard InChI is InChI=1S/C25H21N3O3S/c1-15-3-2-4-21(23(15)17-8-10-32-14-17)24(29)27-19-6-5-16-11-20(13-18(16)12-19)28-25(30)22-7-9-26-31-22/h2-10,12,14,20H,11,13H2,1H3,(H,27,29)(H,28,30). The van der Waals surface area contributed by atoms with Crippen molar-refractivity contribution < 1.29 is 14.1 Å². The molecule has 0 fully saturated rings. The molecule has 1 unspecified atom stereocenters. The number of thiophene rings is 1. The van der Waals surface area contributed by atoms with Crippen LogP contribution >= 0.6 is 11.3 Å². The maximum absolute atomic E-state index is 13.1. The third-order valence-electron chi connectivity index (χ3n) is 5.72. The second-order valence-corrected chi connectivity index (χ2v) is 8.68. The quantitative estimate of drug-likeness (QED) is 0.461. The Morgan fingerprint density at radius 3 is 2.72 bits per heavy atom. The van der Waals surface area contributed by atoms with E-state index in [0.717, 1.165) is 34.4 Å². The van der Waals surface area contributed by atoms with Crippen molar-refractivity contribution in [1.29, 1.82) is 0 Å². The Balaban J connectivity index is 1.31. The highest BCUT2D eigenvalue weighted by Crippen LogP contribution is 2.31. The summed E-state index contributed by atoms with van der Waals surface area (Å²) in [4.78, 5) is 25.4. The van der Waals surface area contributed by atoms with E-state index in [1.54, 1.807) is 17.4 Å². The lowest BCUT2D eigenvalue weighted by atomic mass is 9.96. The molecule has 1 aliphatic rings. The van der Waals surface area contributed by atoms with Crippen LogP contribution in [-0.4, -0.2) is 23.0 Å². The maximum atomic E-state index is 13.1. The molecule has 0 aliphatic heterocycles. The van der Waals surface area contributed by atoms with E-state index in [1.807, 2.05) is 54.8 Å². The molecule has 32 heavy (non-hydrogen) atoms. The highest BCUT2D eigenvalue weighted by Gasteiger charge is 2.25. The fraction of sp³-hybridized carbons (Fsp3) is 0.160. The molecule has 2 amide bonds. The fourth-order valence-corrected chi connectivity index (χ4v) is 4.88. The number of nitrogens with zero attached hydrogens (tertiary/aromatic N) is 1. The molecule has 160 valence electrons. The molecule has 2 aromatic heterocycles. The molecular weight excluding hydrogens is 422 g/mol. The largest absolute Gasteiger partial charge is 0.351 e. The van der Waals surface area contributed by atoms with Crippen molar-refractivity contribution in [2.75, 3.05) is 5.32 Å². The number of nitrogens with one attached hydrogen (secondary N) is 2. The summed E-state index contributed by atoms with van der Waals surface area (Å²) >= 11 is 1.61. The van der Waals surface area contributed by atoms with Crippen LogP contribution in [-0.2, 0) is 12.8 Å². The average Bonchev–Trinajstić information content (AvgIpc) is 3.54. The Morgan fingerprint density at radius 1 is 1.06 bits per heavy atom. The predicted octanol–water partition coefficient (Wildman–Crippen LogP) is 4.86. The minimum absolute atomic E-state index is 0.0180. The second kappa shape index (κ2) is 8.43.